The Morgan fingerprint density at radius 2 is 2.00 bits per heavy atom. The molecule has 2 rings (SSSR count). The molecule has 2 N–H and O–H groups in total. The predicted molar refractivity (Wildman–Crippen MR) is 62.4 cm³/mol. The maximum Gasteiger partial charge on any atom is 0.339 e. The van der Waals surface area contributed by atoms with Gasteiger partial charge in [0.25, 0.3) is 5.69 Å². The molecule has 7 nitrogen and oxygen atoms in total. The highest BCUT2D eigenvalue weighted by atomic mass is 16.6. The summed E-state index contributed by atoms with van der Waals surface area (Å²) in [6, 6.07) is 5.57. The van der Waals surface area contributed by atoms with E-state index < -0.39 is 10.9 Å². The molecule has 0 spiro atoms. The smallest absolute Gasteiger partial charge is 0.339 e. The average molecular weight is 247 g/mol. The van der Waals surface area contributed by atoms with Crippen molar-refractivity contribution in [1.29, 1.82) is 0 Å². The van der Waals surface area contributed by atoms with Crippen LogP contribution in [-0.2, 0) is 0 Å². The third-order valence-corrected chi connectivity index (χ3v) is 2.51. The van der Waals surface area contributed by atoms with Crippen LogP contribution in [-0.4, -0.2) is 26.2 Å². The second-order valence-corrected chi connectivity index (χ2v) is 3.68. The molecule has 1 aromatic carbocycles. The number of rotatable bonds is 3. The molecule has 92 valence electrons. The molecule has 1 aromatic heterocycles. The number of carboxylic acid groups (broad SMARTS) is 1. The summed E-state index contributed by atoms with van der Waals surface area (Å²) >= 11 is 0. The van der Waals surface area contributed by atoms with Gasteiger partial charge in [0.15, 0.2) is 0 Å². The number of nitro groups is 1. The molecule has 0 atom stereocenters. The lowest BCUT2D eigenvalue weighted by Gasteiger charge is -1.99. The van der Waals surface area contributed by atoms with Crippen molar-refractivity contribution in [2.75, 3.05) is 0 Å². The molecular formula is C11H9N3O4. The van der Waals surface area contributed by atoms with Crippen molar-refractivity contribution < 1.29 is 14.8 Å². The number of carboxylic acids is 1. The Balaban J connectivity index is 2.49. The fraction of sp³-hybridized carbons (Fsp3) is 0.0909. The molecule has 0 amide bonds. The SMILES string of the molecule is Cc1[nH]nc(-c2ccc([N+](=O)[O-])cc2)c1C(=O)O. The van der Waals surface area contributed by atoms with Gasteiger partial charge in [-0.25, -0.2) is 4.79 Å². The Labute approximate surface area is 101 Å². The number of aromatic amines is 1. The van der Waals surface area contributed by atoms with Crippen molar-refractivity contribution in [2.45, 2.75) is 6.92 Å². The van der Waals surface area contributed by atoms with Crippen molar-refractivity contribution in [3.8, 4) is 11.3 Å². The first-order chi connectivity index (χ1) is 8.50. The van der Waals surface area contributed by atoms with Gasteiger partial charge >= 0.3 is 5.97 Å². The third-order valence-electron chi connectivity index (χ3n) is 2.51. The quantitative estimate of drug-likeness (QED) is 0.636. The summed E-state index contributed by atoms with van der Waals surface area (Å²) < 4.78 is 0. The number of benzene rings is 1. The lowest BCUT2D eigenvalue weighted by atomic mass is 10.1. The second-order valence-electron chi connectivity index (χ2n) is 3.68. The Bertz CT molecular complexity index is 616. The number of aromatic carboxylic acids is 1. The van der Waals surface area contributed by atoms with E-state index in [2.05, 4.69) is 10.2 Å². The van der Waals surface area contributed by atoms with Gasteiger partial charge in [-0.15, -0.1) is 0 Å². The molecule has 0 aliphatic rings. The Morgan fingerprint density at radius 1 is 1.39 bits per heavy atom. The zero-order valence-electron chi connectivity index (χ0n) is 9.38. The van der Waals surface area contributed by atoms with Crippen molar-refractivity contribution in [3.05, 3.63) is 45.6 Å². The van der Waals surface area contributed by atoms with E-state index in [4.69, 9.17) is 5.11 Å². The Morgan fingerprint density at radius 3 is 2.50 bits per heavy atom. The molecular weight excluding hydrogens is 238 g/mol. The molecule has 0 saturated heterocycles. The minimum absolute atomic E-state index is 0.0529. The van der Waals surface area contributed by atoms with E-state index >= 15 is 0 Å². The zero-order valence-corrected chi connectivity index (χ0v) is 9.38. The summed E-state index contributed by atoms with van der Waals surface area (Å²) in [6.45, 7) is 1.60. The molecule has 0 unspecified atom stereocenters. The molecule has 0 fully saturated rings. The van der Waals surface area contributed by atoms with Gasteiger partial charge in [-0.3, -0.25) is 15.2 Å². The van der Waals surface area contributed by atoms with E-state index in [9.17, 15) is 14.9 Å². The van der Waals surface area contributed by atoms with E-state index in [1.165, 1.54) is 24.3 Å². The van der Waals surface area contributed by atoms with Gasteiger partial charge in [-0.2, -0.15) is 5.10 Å². The fourth-order valence-electron chi connectivity index (χ4n) is 1.64. The van der Waals surface area contributed by atoms with E-state index in [0.29, 0.717) is 11.3 Å². The first-order valence-electron chi connectivity index (χ1n) is 5.04. The maximum absolute atomic E-state index is 11.1. The first kappa shape index (κ1) is 11.8. The van der Waals surface area contributed by atoms with E-state index in [0.717, 1.165) is 0 Å². The van der Waals surface area contributed by atoms with Gasteiger partial charge in [0.2, 0.25) is 0 Å². The van der Waals surface area contributed by atoms with Crippen LogP contribution in [0.3, 0.4) is 0 Å². The molecule has 1 heterocycles. The standard InChI is InChI=1S/C11H9N3O4/c1-6-9(11(15)16)10(13-12-6)7-2-4-8(5-3-7)14(17)18/h2-5H,1H3,(H,12,13)(H,15,16). The van der Waals surface area contributed by atoms with Crippen LogP contribution in [0.1, 0.15) is 16.1 Å². The number of aryl methyl sites for hydroxylation is 1. The number of non-ortho nitro benzene ring substituents is 1. The minimum atomic E-state index is -1.09. The van der Waals surface area contributed by atoms with E-state index in [1.807, 2.05) is 0 Å². The normalized spacial score (nSPS) is 10.3. The summed E-state index contributed by atoms with van der Waals surface area (Å²) in [4.78, 5) is 21.1. The van der Waals surface area contributed by atoms with Crippen molar-refractivity contribution in [3.63, 3.8) is 0 Å². The summed E-state index contributed by atoms with van der Waals surface area (Å²) in [5, 5.41) is 26.1. The lowest BCUT2D eigenvalue weighted by molar-refractivity contribution is -0.384. The highest BCUT2D eigenvalue weighted by Crippen LogP contribution is 2.25. The van der Waals surface area contributed by atoms with Crippen molar-refractivity contribution in [2.24, 2.45) is 0 Å². The zero-order chi connectivity index (χ0) is 13.3. The van der Waals surface area contributed by atoms with Crippen LogP contribution in [0.5, 0.6) is 0 Å². The van der Waals surface area contributed by atoms with Crippen LogP contribution < -0.4 is 0 Å². The number of nitrogens with one attached hydrogen (secondary N) is 1. The van der Waals surface area contributed by atoms with Crippen LogP contribution in [0.2, 0.25) is 0 Å². The maximum atomic E-state index is 11.1. The Kier molecular flexibility index (Phi) is 2.80. The largest absolute Gasteiger partial charge is 0.478 e. The lowest BCUT2D eigenvalue weighted by Crippen LogP contribution is -1.99. The molecule has 0 aliphatic carbocycles. The van der Waals surface area contributed by atoms with Gasteiger partial charge < -0.3 is 5.11 Å². The first-order valence-corrected chi connectivity index (χ1v) is 5.04. The third kappa shape index (κ3) is 1.93. The summed E-state index contributed by atoms with van der Waals surface area (Å²) in [5.41, 5.74) is 1.25. The van der Waals surface area contributed by atoms with E-state index in [1.54, 1.807) is 6.92 Å². The predicted octanol–water partition coefficient (Wildman–Crippen LogP) is 1.99. The number of nitro benzene ring substituents is 1. The fourth-order valence-corrected chi connectivity index (χ4v) is 1.64. The minimum Gasteiger partial charge on any atom is -0.478 e. The molecule has 0 aliphatic heterocycles. The average Bonchev–Trinajstić information content (AvgIpc) is 2.71. The number of hydrogen-bond acceptors (Lipinski definition) is 4. The number of aromatic nitrogens is 2. The molecule has 0 bridgehead atoms. The number of nitrogens with zero attached hydrogens (tertiary/aromatic N) is 2. The van der Waals surface area contributed by atoms with Gasteiger partial charge in [0.05, 0.1) is 4.92 Å². The molecule has 7 heteroatoms. The van der Waals surface area contributed by atoms with Crippen LogP contribution in [0.4, 0.5) is 5.69 Å². The molecule has 0 radical (unpaired) electrons. The topological polar surface area (TPSA) is 109 Å². The van der Waals surface area contributed by atoms with Crippen LogP contribution >= 0.6 is 0 Å². The second kappa shape index (κ2) is 4.28. The van der Waals surface area contributed by atoms with Gasteiger partial charge in [0, 0.05) is 23.4 Å². The monoisotopic (exact) mass is 247 g/mol. The Hall–Kier alpha value is -2.70. The summed E-state index contributed by atoms with van der Waals surface area (Å²) in [6.07, 6.45) is 0. The molecule has 18 heavy (non-hydrogen) atoms. The van der Waals surface area contributed by atoms with Gasteiger partial charge in [0.1, 0.15) is 11.3 Å². The van der Waals surface area contributed by atoms with Crippen molar-refractivity contribution >= 4 is 11.7 Å². The number of carbonyl (C=O) groups is 1. The van der Waals surface area contributed by atoms with E-state index in [-0.39, 0.29) is 16.9 Å². The van der Waals surface area contributed by atoms with Crippen LogP contribution in [0.15, 0.2) is 24.3 Å². The van der Waals surface area contributed by atoms with Crippen molar-refractivity contribution in [1.82, 2.24) is 10.2 Å². The number of H-pyrrole nitrogens is 1. The van der Waals surface area contributed by atoms with Gasteiger partial charge in [-0.05, 0) is 19.1 Å². The van der Waals surface area contributed by atoms with Crippen LogP contribution in [0.25, 0.3) is 11.3 Å². The number of hydrogen-bond donors (Lipinski definition) is 2. The summed E-state index contributed by atoms with van der Waals surface area (Å²) in [7, 11) is 0. The molecule has 0 saturated carbocycles. The highest BCUT2D eigenvalue weighted by Gasteiger charge is 2.18. The summed E-state index contributed by atoms with van der Waals surface area (Å²) in [5.74, 6) is -1.09. The molecule has 2 aromatic rings. The highest BCUT2D eigenvalue weighted by molar-refractivity contribution is 5.96. The van der Waals surface area contributed by atoms with Crippen LogP contribution in [0, 0.1) is 17.0 Å². The van der Waals surface area contributed by atoms with Gasteiger partial charge in [-0.1, -0.05) is 0 Å².